The van der Waals surface area contributed by atoms with Crippen molar-refractivity contribution >= 4 is 11.7 Å². The van der Waals surface area contributed by atoms with E-state index in [1.165, 1.54) is 13.2 Å². The van der Waals surface area contributed by atoms with Gasteiger partial charge in [0.2, 0.25) is 0 Å². The van der Waals surface area contributed by atoms with Gasteiger partial charge in [-0.1, -0.05) is 6.07 Å². The Morgan fingerprint density at radius 1 is 1.53 bits per heavy atom. The maximum Gasteiger partial charge on any atom is 0.339 e. The van der Waals surface area contributed by atoms with Gasteiger partial charge in [-0.3, -0.25) is 0 Å². The van der Waals surface area contributed by atoms with Crippen molar-refractivity contribution in [3.63, 3.8) is 0 Å². The number of carboxylic acids is 1. The highest BCUT2D eigenvalue weighted by Gasteiger charge is 2.11. The summed E-state index contributed by atoms with van der Waals surface area (Å²) < 4.78 is 4.98. The average molecular weight is 207 g/mol. The molecule has 0 aliphatic heterocycles. The van der Waals surface area contributed by atoms with Crippen molar-refractivity contribution in [2.45, 2.75) is 13.3 Å². The van der Waals surface area contributed by atoms with E-state index in [9.17, 15) is 4.79 Å². The van der Waals surface area contributed by atoms with E-state index in [1.54, 1.807) is 19.1 Å². The number of aromatic carboxylic acids is 1. The number of carbonyl (C=O) groups is 1. The summed E-state index contributed by atoms with van der Waals surface area (Å²) in [6, 6.07) is 4.85. The molecule has 0 fully saturated rings. The first-order chi connectivity index (χ1) is 7.04. The average Bonchev–Trinajstić information content (AvgIpc) is 2.16. The lowest BCUT2D eigenvalue weighted by Crippen LogP contribution is -2.02. The Kier molecular flexibility index (Phi) is 3.44. The van der Waals surface area contributed by atoms with Crippen LogP contribution in [-0.4, -0.2) is 23.9 Å². The second-order valence-corrected chi connectivity index (χ2v) is 3.30. The molecule has 0 unspecified atom stereocenters. The third-order valence-electron chi connectivity index (χ3n) is 1.97. The highest BCUT2D eigenvalue weighted by molar-refractivity contribution is 5.91. The Bertz CT molecular complexity index is 399. The third-order valence-corrected chi connectivity index (χ3v) is 1.97. The number of ether oxygens (including phenoxy) is 1. The second kappa shape index (κ2) is 4.59. The Balaban J connectivity index is 3.07. The largest absolute Gasteiger partial charge is 0.496 e. The summed E-state index contributed by atoms with van der Waals surface area (Å²) in [7, 11) is 1.43. The van der Waals surface area contributed by atoms with Crippen molar-refractivity contribution in [3.05, 3.63) is 29.3 Å². The predicted molar refractivity (Wildman–Crippen MR) is 57.1 cm³/mol. The van der Waals surface area contributed by atoms with E-state index in [0.29, 0.717) is 17.9 Å². The highest BCUT2D eigenvalue weighted by Crippen LogP contribution is 2.20. The number of hydrogen-bond acceptors (Lipinski definition) is 3. The van der Waals surface area contributed by atoms with Crippen LogP contribution in [0, 0.1) is 5.41 Å². The maximum atomic E-state index is 10.8. The molecule has 80 valence electrons. The molecule has 0 saturated carbocycles. The van der Waals surface area contributed by atoms with Gasteiger partial charge in [0, 0.05) is 12.1 Å². The molecular weight excluding hydrogens is 194 g/mol. The summed E-state index contributed by atoms with van der Waals surface area (Å²) in [6.45, 7) is 1.71. The van der Waals surface area contributed by atoms with Gasteiger partial charge < -0.3 is 15.3 Å². The number of benzene rings is 1. The van der Waals surface area contributed by atoms with Gasteiger partial charge >= 0.3 is 5.97 Å². The van der Waals surface area contributed by atoms with Gasteiger partial charge in [-0.05, 0) is 24.6 Å². The number of carboxylic acid groups (broad SMARTS) is 1. The van der Waals surface area contributed by atoms with Crippen LogP contribution in [0.5, 0.6) is 5.75 Å². The summed E-state index contributed by atoms with van der Waals surface area (Å²) in [4.78, 5) is 10.8. The van der Waals surface area contributed by atoms with Crippen molar-refractivity contribution in [1.29, 1.82) is 5.41 Å². The molecule has 1 aromatic carbocycles. The number of nitrogens with one attached hydrogen (secondary N) is 1. The first-order valence-corrected chi connectivity index (χ1v) is 4.49. The van der Waals surface area contributed by atoms with Crippen LogP contribution < -0.4 is 4.74 Å². The molecule has 4 nitrogen and oxygen atoms in total. The van der Waals surface area contributed by atoms with Crippen LogP contribution in [0.15, 0.2) is 18.2 Å². The molecule has 0 atom stereocenters. The summed E-state index contributed by atoms with van der Waals surface area (Å²) in [5.74, 6) is -0.675. The number of rotatable bonds is 4. The van der Waals surface area contributed by atoms with Gasteiger partial charge in [0.25, 0.3) is 0 Å². The van der Waals surface area contributed by atoms with E-state index >= 15 is 0 Å². The molecule has 0 saturated heterocycles. The van der Waals surface area contributed by atoms with E-state index < -0.39 is 5.97 Å². The number of hydrogen-bond donors (Lipinski definition) is 2. The van der Waals surface area contributed by atoms with E-state index in [4.69, 9.17) is 15.3 Å². The Hall–Kier alpha value is -1.84. The minimum absolute atomic E-state index is 0.142. The fourth-order valence-electron chi connectivity index (χ4n) is 1.33. The monoisotopic (exact) mass is 207 g/mol. The van der Waals surface area contributed by atoms with Crippen LogP contribution in [0.3, 0.4) is 0 Å². The van der Waals surface area contributed by atoms with Crippen LogP contribution in [0.1, 0.15) is 22.8 Å². The van der Waals surface area contributed by atoms with E-state index in [2.05, 4.69) is 0 Å². The Labute approximate surface area is 88.0 Å². The SMILES string of the molecule is COc1cc(CC(C)=N)ccc1C(=O)O. The summed E-state index contributed by atoms with van der Waals surface area (Å²) in [5.41, 5.74) is 1.55. The van der Waals surface area contributed by atoms with Crippen LogP contribution in [0.25, 0.3) is 0 Å². The molecule has 0 aliphatic rings. The molecule has 4 heteroatoms. The van der Waals surface area contributed by atoms with Gasteiger partial charge in [0.15, 0.2) is 0 Å². The smallest absolute Gasteiger partial charge is 0.339 e. The lowest BCUT2D eigenvalue weighted by atomic mass is 10.1. The minimum Gasteiger partial charge on any atom is -0.496 e. The van der Waals surface area contributed by atoms with Gasteiger partial charge in [-0.25, -0.2) is 4.79 Å². The van der Waals surface area contributed by atoms with Gasteiger partial charge in [0.1, 0.15) is 11.3 Å². The van der Waals surface area contributed by atoms with Gasteiger partial charge in [-0.2, -0.15) is 0 Å². The van der Waals surface area contributed by atoms with Crippen LogP contribution >= 0.6 is 0 Å². The summed E-state index contributed by atoms with van der Waals surface area (Å²) in [6.07, 6.45) is 0.510. The van der Waals surface area contributed by atoms with Crippen LogP contribution in [0.4, 0.5) is 0 Å². The van der Waals surface area contributed by atoms with Crippen molar-refractivity contribution in [3.8, 4) is 5.75 Å². The molecule has 0 radical (unpaired) electrons. The normalized spacial score (nSPS) is 9.73. The van der Waals surface area contributed by atoms with Crippen molar-refractivity contribution in [2.24, 2.45) is 0 Å². The quantitative estimate of drug-likeness (QED) is 0.741. The summed E-state index contributed by atoms with van der Waals surface area (Å²) >= 11 is 0. The molecule has 0 heterocycles. The molecule has 0 aliphatic carbocycles. The zero-order valence-electron chi connectivity index (χ0n) is 8.70. The van der Waals surface area contributed by atoms with Crippen LogP contribution in [0.2, 0.25) is 0 Å². The molecule has 15 heavy (non-hydrogen) atoms. The fourth-order valence-corrected chi connectivity index (χ4v) is 1.33. The highest BCUT2D eigenvalue weighted by atomic mass is 16.5. The Morgan fingerprint density at radius 2 is 2.20 bits per heavy atom. The van der Waals surface area contributed by atoms with Gasteiger partial charge in [0.05, 0.1) is 7.11 Å². The lowest BCUT2D eigenvalue weighted by Gasteiger charge is -2.07. The van der Waals surface area contributed by atoms with Crippen molar-refractivity contribution in [2.75, 3.05) is 7.11 Å². The molecule has 2 N–H and O–H groups in total. The molecule has 1 rings (SSSR count). The summed E-state index contributed by atoms with van der Waals surface area (Å²) in [5, 5.41) is 16.2. The fraction of sp³-hybridized carbons (Fsp3) is 0.273. The Morgan fingerprint density at radius 3 is 2.67 bits per heavy atom. The van der Waals surface area contributed by atoms with Gasteiger partial charge in [-0.15, -0.1) is 0 Å². The zero-order valence-corrected chi connectivity index (χ0v) is 8.70. The van der Waals surface area contributed by atoms with E-state index in [0.717, 1.165) is 5.56 Å². The molecular formula is C11H13NO3. The first kappa shape index (κ1) is 11.2. The lowest BCUT2D eigenvalue weighted by molar-refractivity contribution is 0.0693. The first-order valence-electron chi connectivity index (χ1n) is 4.49. The molecule has 1 aromatic rings. The van der Waals surface area contributed by atoms with Crippen LogP contribution in [-0.2, 0) is 6.42 Å². The molecule has 0 aromatic heterocycles. The minimum atomic E-state index is -1.01. The molecule has 0 amide bonds. The van der Waals surface area contributed by atoms with E-state index in [-0.39, 0.29) is 5.56 Å². The topological polar surface area (TPSA) is 70.4 Å². The third kappa shape index (κ3) is 2.80. The predicted octanol–water partition coefficient (Wildman–Crippen LogP) is 1.98. The number of methoxy groups -OCH3 is 1. The standard InChI is InChI=1S/C11H13NO3/c1-7(12)5-8-3-4-9(11(13)14)10(6-8)15-2/h3-4,6,12H,5H2,1-2H3,(H,13,14). The van der Waals surface area contributed by atoms with Crippen molar-refractivity contribution < 1.29 is 14.6 Å². The van der Waals surface area contributed by atoms with E-state index in [1.807, 2.05) is 0 Å². The molecule has 0 spiro atoms. The molecule has 0 bridgehead atoms. The van der Waals surface area contributed by atoms with Crippen molar-refractivity contribution in [1.82, 2.24) is 0 Å². The maximum absolute atomic E-state index is 10.8. The second-order valence-electron chi connectivity index (χ2n) is 3.30. The zero-order chi connectivity index (χ0) is 11.4.